The van der Waals surface area contributed by atoms with Crippen molar-refractivity contribution in [1.82, 2.24) is 10.2 Å². The number of nitrogens with one attached hydrogen (secondary N) is 1. The molecule has 0 aromatic heterocycles. The lowest BCUT2D eigenvalue weighted by atomic mass is 9.89. The van der Waals surface area contributed by atoms with Crippen LogP contribution in [-0.4, -0.2) is 36.7 Å². The maximum atomic E-state index is 6.31. The second-order valence-electron chi connectivity index (χ2n) is 10.5. The summed E-state index contributed by atoms with van der Waals surface area (Å²) in [5.41, 5.74) is 10.7. The molecule has 5 rings (SSSR count). The van der Waals surface area contributed by atoms with Crippen molar-refractivity contribution in [2.45, 2.75) is 72.0 Å². The molecule has 3 heteroatoms. The van der Waals surface area contributed by atoms with Gasteiger partial charge < -0.3 is 10.1 Å². The monoisotopic (exact) mass is 468 g/mol. The van der Waals surface area contributed by atoms with Gasteiger partial charge in [-0.1, -0.05) is 48.5 Å². The molecule has 0 saturated carbocycles. The van der Waals surface area contributed by atoms with Gasteiger partial charge in [-0.05, 0) is 110 Å². The van der Waals surface area contributed by atoms with Crippen LogP contribution in [0.25, 0.3) is 22.3 Å². The molecule has 3 aromatic rings. The third-order valence-electron chi connectivity index (χ3n) is 8.26. The quantitative estimate of drug-likeness (QED) is 0.381. The molecule has 35 heavy (non-hydrogen) atoms. The van der Waals surface area contributed by atoms with E-state index in [4.69, 9.17) is 4.74 Å². The Kier molecular flexibility index (Phi) is 7.27. The van der Waals surface area contributed by atoms with Crippen molar-refractivity contribution in [2.24, 2.45) is 0 Å². The van der Waals surface area contributed by atoms with E-state index in [9.17, 15) is 0 Å². The maximum absolute atomic E-state index is 6.31. The van der Waals surface area contributed by atoms with Crippen LogP contribution in [-0.2, 0) is 13.0 Å². The zero-order chi connectivity index (χ0) is 24.4. The molecule has 0 radical (unpaired) electrons. The minimum atomic E-state index is 0.706. The van der Waals surface area contributed by atoms with Crippen LogP contribution < -0.4 is 10.1 Å². The van der Waals surface area contributed by atoms with Gasteiger partial charge in [0.15, 0.2) is 0 Å². The third kappa shape index (κ3) is 5.03. The molecule has 184 valence electrons. The summed E-state index contributed by atoms with van der Waals surface area (Å²) in [4.78, 5) is 2.64. The summed E-state index contributed by atoms with van der Waals surface area (Å²) < 4.78 is 6.31. The van der Waals surface area contributed by atoms with Crippen LogP contribution in [0.1, 0.15) is 55.4 Å². The number of benzene rings is 3. The fourth-order valence-electron chi connectivity index (χ4n) is 6.07. The van der Waals surface area contributed by atoms with E-state index in [0.717, 1.165) is 44.8 Å². The van der Waals surface area contributed by atoms with Crippen molar-refractivity contribution in [3.63, 3.8) is 0 Å². The molecular formula is C32H40N2O. The van der Waals surface area contributed by atoms with Gasteiger partial charge in [0.05, 0.1) is 6.61 Å². The fourth-order valence-corrected chi connectivity index (χ4v) is 6.07. The van der Waals surface area contributed by atoms with Crippen molar-refractivity contribution in [1.29, 1.82) is 0 Å². The molecule has 0 spiro atoms. The Morgan fingerprint density at radius 3 is 2.37 bits per heavy atom. The Hall–Kier alpha value is -2.62. The number of hydrogen-bond donors (Lipinski definition) is 1. The zero-order valence-electron chi connectivity index (χ0n) is 21.9. The maximum Gasteiger partial charge on any atom is 0.122 e. The Labute approximate surface area is 211 Å². The lowest BCUT2D eigenvalue weighted by molar-refractivity contribution is 0.191. The highest BCUT2D eigenvalue weighted by Gasteiger charge is 2.26. The molecule has 1 N–H and O–H groups in total. The first kappa shape index (κ1) is 24.1. The Morgan fingerprint density at radius 1 is 0.857 bits per heavy atom. The van der Waals surface area contributed by atoms with E-state index in [1.54, 1.807) is 0 Å². The van der Waals surface area contributed by atoms with E-state index >= 15 is 0 Å². The number of likely N-dealkylation sites (tertiary alicyclic amines) is 1. The summed E-state index contributed by atoms with van der Waals surface area (Å²) in [6, 6.07) is 21.6. The van der Waals surface area contributed by atoms with Crippen LogP contribution >= 0.6 is 0 Å². The van der Waals surface area contributed by atoms with Crippen molar-refractivity contribution in [3.05, 3.63) is 76.9 Å². The number of fused-ring (bicyclic) bond motifs is 1. The topological polar surface area (TPSA) is 24.5 Å². The highest BCUT2D eigenvalue weighted by atomic mass is 16.5. The van der Waals surface area contributed by atoms with Gasteiger partial charge in [0.1, 0.15) is 5.75 Å². The molecule has 3 nitrogen and oxygen atoms in total. The van der Waals surface area contributed by atoms with E-state index < -0.39 is 0 Å². The molecule has 2 aliphatic rings. The van der Waals surface area contributed by atoms with Gasteiger partial charge in [0, 0.05) is 25.2 Å². The molecule has 0 unspecified atom stereocenters. The van der Waals surface area contributed by atoms with E-state index in [0.29, 0.717) is 12.1 Å². The van der Waals surface area contributed by atoms with Gasteiger partial charge in [0.25, 0.3) is 0 Å². The highest BCUT2D eigenvalue weighted by molar-refractivity contribution is 5.80. The van der Waals surface area contributed by atoms with E-state index in [-0.39, 0.29) is 0 Å². The molecule has 0 amide bonds. The number of ether oxygens (including phenoxy) is 1. The summed E-state index contributed by atoms with van der Waals surface area (Å²) in [5.74, 6) is 1.01. The first-order valence-corrected chi connectivity index (χ1v) is 13.4. The number of hydrogen-bond acceptors (Lipinski definition) is 3. The SMILES string of the molecule is Cc1c(OCCCN2[C@H](C)CC[C@H]2C)cccc1-c1cccc(-c2ccc3c(c2)CCNC3)c1C. The highest BCUT2D eigenvalue weighted by Crippen LogP contribution is 2.37. The van der Waals surface area contributed by atoms with Gasteiger partial charge in [-0.3, -0.25) is 4.90 Å². The fraction of sp³-hybridized carbons (Fsp3) is 0.438. The zero-order valence-corrected chi connectivity index (χ0v) is 21.9. The van der Waals surface area contributed by atoms with Crippen LogP contribution in [0.15, 0.2) is 54.6 Å². The summed E-state index contributed by atoms with van der Waals surface area (Å²) >= 11 is 0. The normalized spacial score (nSPS) is 20.1. The van der Waals surface area contributed by atoms with Crippen molar-refractivity contribution < 1.29 is 4.74 Å². The standard InChI is InChI=1S/C32H40N2O/c1-22-12-13-23(2)34(22)18-7-19-35-32-11-6-10-31(25(32)4)30-9-5-8-29(24(30)3)27-14-15-28-21-33-17-16-26(28)20-27/h5-6,8-11,14-15,20,22-23,33H,7,12-13,16-19,21H2,1-4H3/t22-,23-/m1/s1. The summed E-state index contributed by atoms with van der Waals surface area (Å²) in [6.45, 7) is 13.1. The molecule has 3 aromatic carbocycles. The minimum Gasteiger partial charge on any atom is -0.493 e. The van der Waals surface area contributed by atoms with Crippen LogP contribution in [0.2, 0.25) is 0 Å². The van der Waals surface area contributed by atoms with Crippen LogP contribution in [0, 0.1) is 13.8 Å². The molecule has 0 bridgehead atoms. The largest absolute Gasteiger partial charge is 0.493 e. The third-order valence-corrected chi connectivity index (χ3v) is 8.26. The smallest absolute Gasteiger partial charge is 0.122 e. The molecule has 2 heterocycles. The number of rotatable bonds is 7. The predicted octanol–water partition coefficient (Wildman–Crippen LogP) is 6.92. The van der Waals surface area contributed by atoms with E-state index in [2.05, 4.69) is 92.5 Å². The van der Waals surface area contributed by atoms with Gasteiger partial charge in [-0.25, -0.2) is 0 Å². The van der Waals surface area contributed by atoms with Crippen LogP contribution in [0.4, 0.5) is 0 Å². The van der Waals surface area contributed by atoms with Crippen molar-refractivity contribution in [3.8, 4) is 28.0 Å². The van der Waals surface area contributed by atoms with E-state index in [1.165, 1.54) is 57.3 Å². The Morgan fingerprint density at radius 2 is 1.57 bits per heavy atom. The first-order valence-electron chi connectivity index (χ1n) is 13.4. The molecule has 0 aliphatic carbocycles. The van der Waals surface area contributed by atoms with Gasteiger partial charge in [-0.15, -0.1) is 0 Å². The first-order chi connectivity index (χ1) is 17.0. The summed E-state index contributed by atoms with van der Waals surface area (Å²) in [6.07, 6.45) is 4.82. The van der Waals surface area contributed by atoms with Crippen LogP contribution in [0.3, 0.4) is 0 Å². The lowest BCUT2D eigenvalue weighted by Crippen LogP contribution is -2.34. The van der Waals surface area contributed by atoms with Gasteiger partial charge >= 0.3 is 0 Å². The second-order valence-corrected chi connectivity index (χ2v) is 10.5. The second kappa shape index (κ2) is 10.6. The average molecular weight is 469 g/mol. The van der Waals surface area contributed by atoms with Gasteiger partial charge in [0.2, 0.25) is 0 Å². The molecule has 1 fully saturated rings. The Bertz CT molecular complexity index is 1170. The van der Waals surface area contributed by atoms with Crippen molar-refractivity contribution in [2.75, 3.05) is 19.7 Å². The number of nitrogens with zero attached hydrogens (tertiary/aromatic N) is 1. The average Bonchev–Trinajstić information content (AvgIpc) is 3.19. The van der Waals surface area contributed by atoms with E-state index in [1.807, 2.05) is 0 Å². The Balaban J connectivity index is 1.34. The minimum absolute atomic E-state index is 0.706. The van der Waals surface area contributed by atoms with Gasteiger partial charge in [-0.2, -0.15) is 0 Å². The molecule has 2 aliphatic heterocycles. The van der Waals surface area contributed by atoms with Crippen molar-refractivity contribution >= 4 is 0 Å². The molecule has 2 atom stereocenters. The molecule has 1 saturated heterocycles. The lowest BCUT2D eigenvalue weighted by Gasteiger charge is -2.25. The summed E-state index contributed by atoms with van der Waals surface area (Å²) in [7, 11) is 0. The summed E-state index contributed by atoms with van der Waals surface area (Å²) in [5, 5.41) is 3.48. The predicted molar refractivity (Wildman–Crippen MR) is 147 cm³/mol. The van der Waals surface area contributed by atoms with Crippen LogP contribution in [0.5, 0.6) is 5.75 Å². The molecular weight excluding hydrogens is 428 g/mol.